The molecule has 0 saturated heterocycles. The Kier molecular flexibility index (Phi) is 2.75. The minimum atomic E-state index is 0.164. The van der Waals surface area contributed by atoms with Gasteiger partial charge in [-0.3, -0.25) is 4.79 Å². The molecule has 1 heterocycles. The van der Waals surface area contributed by atoms with E-state index in [0.29, 0.717) is 0 Å². The van der Waals surface area contributed by atoms with Crippen molar-refractivity contribution in [3.05, 3.63) is 11.3 Å². The Morgan fingerprint density at radius 2 is 2.07 bits per heavy atom. The van der Waals surface area contributed by atoms with Gasteiger partial charge in [0.1, 0.15) is 0 Å². The number of allylic oxidation sites excluding steroid dienone is 1. The summed E-state index contributed by atoms with van der Waals surface area (Å²) in [5.74, 6) is 0.164. The third-order valence-electron chi connectivity index (χ3n) is 2.97. The van der Waals surface area contributed by atoms with Gasteiger partial charge in [-0.15, -0.1) is 0 Å². The van der Waals surface area contributed by atoms with Crippen LogP contribution < -0.4 is 10.6 Å². The molecule has 0 aromatic carbocycles. The molecule has 2 aliphatic rings. The quantitative estimate of drug-likeness (QED) is 0.702. The Morgan fingerprint density at radius 1 is 1.29 bits per heavy atom. The molecule has 1 unspecified atom stereocenters. The molecule has 0 fully saturated rings. The topological polar surface area (TPSA) is 41.1 Å². The van der Waals surface area contributed by atoms with Crippen LogP contribution in [0.15, 0.2) is 11.3 Å². The molecule has 1 aliphatic carbocycles. The molecule has 14 heavy (non-hydrogen) atoms. The Bertz CT molecular complexity index is 270. The van der Waals surface area contributed by atoms with E-state index in [0.717, 1.165) is 37.7 Å². The fourth-order valence-corrected chi connectivity index (χ4v) is 2.24. The van der Waals surface area contributed by atoms with E-state index in [2.05, 4.69) is 17.6 Å². The molecule has 2 N–H and O–H groups in total. The van der Waals surface area contributed by atoms with Crippen molar-refractivity contribution in [3.63, 3.8) is 0 Å². The molecule has 1 atom stereocenters. The second kappa shape index (κ2) is 4.03. The first-order valence-electron chi connectivity index (χ1n) is 5.60. The van der Waals surface area contributed by atoms with Crippen LogP contribution in [-0.2, 0) is 4.79 Å². The highest BCUT2D eigenvalue weighted by molar-refractivity contribution is 5.95. The maximum absolute atomic E-state index is 11.7. The molecule has 3 heteroatoms. The van der Waals surface area contributed by atoms with Crippen LogP contribution in [0.25, 0.3) is 0 Å². The third-order valence-corrected chi connectivity index (χ3v) is 2.97. The molecule has 0 radical (unpaired) electrons. The lowest BCUT2D eigenvalue weighted by molar-refractivity contribution is -0.119. The van der Waals surface area contributed by atoms with Crippen LogP contribution in [0.5, 0.6) is 0 Å². The van der Waals surface area contributed by atoms with E-state index in [4.69, 9.17) is 0 Å². The summed E-state index contributed by atoms with van der Waals surface area (Å²) in [5.41, 5.74) is 2.21. The number of carbonyl (C=O) groups is 1. The van der Waals surface area contributed by atoms with Crippen molar-refractivity contribution < 1.29 is 4.79 Å². The minimum Gasteiger partial charge on any atom is -0.368 e. The van der Waals surface area contributed by atoms with E-state index in [1.165, 1.54) is 12.1 Å². The Balaban J connectivity index is 2.11. The number of rotatable bonds is 2. The average Bonchev–Trinajstić information content (AvgIpc) is 2.18. The van der Waals surface area contributed by atoms with Crippen LogP contribution >= 0.6 is 0 Å². The third kappa shape index (κ3) is 1.76. The van der Waals surface area contributed by atoms with E-state index >= 15 is 0 Å². The predicted molar refractivity (Wildman–Crippen MR) is 55.5 cm³/mol. The van der Waals surface area contributed by atoms with Crippen molar-refractivity contribution in [1.82, 2.24) is 10.6 Å². The fourth-order valence-electron chi connectivity index (χ4n) is 2.24. The highest BCUT2D eigenvalue weighted by Crippen LogP contribution is 2.25. The van der Waals surface area contributed by atoms with E-state index in [1.807, 2.05) is 0 Å². The molecule has 0 bridgehead atoms. The summed E-state index contributed by atoms with van der Waals surface area (Å²) in [5, 5.41) is 6.44. The highest BCUT2D eigenvalue weighted by Gasteiger charge is 2.26. The largest absolute Gasteiger partial charge is 0.368 e. The minimum absolute atomic E-state index is 0.164. The van der Waals surface area contributed by atoms with Crippen LogP contribution in [0.1, 0.15) is 45.4 Å². The summed E-state index contributed by atoms with van der Waals surface area (Å²) >= 11 is 0. The van der Waals surface area contributed by atoms with Gasteiger partial charge in [-0.2, -0.15) is 0 Å². The van der Waals surface area contributed by atoms with Gasteiger partial charge in [-0.05, 0) is 32.1 Å². The highest BCUT2D eigenvalue weighted by atomic mass is 16.2. The van der Waals surface area contributed by atoms with Gasteiger partial charge in [0.25, 0.3) is 5.91 Å². The molecule has 1 amide bonds. The van der Waals surface area contributed by atoms with Crippen LogP contribution in [0.3, 0.4) is 0 Å². The van der Waals surface area contributed by atoms with Gasteiger partial charge in [0.05, 0.1) is 6.17 Å². The van der Waals surface area contributed by atoms with Gasteiger partial charge in [-0.25, -0.2) is 0 Å². The van der Waals surface area contributed by atoms with Gasteiger partial charge in [0.15, 0.2) is 0 Å². The molecular weight excluding hydrogens is 176 g/mol. The maximum atomic E-state index is 11.7. The Morgan fingerprint density at radius 3 is 2.86 bits per heavy atom. The summed E-state index contributed by atoms with van der Waals surface area (Å²) in [4.78, 5) is 11.7. The predicted octanol–water partition coefficient (Wildman–Crippen LogP) is 1.66. The number of amides is 1. The van der Waals surface area contributed by atoms with Crippen LogP contribution in [0.4, 0.5) is 0 Å². The summed E-state index contributed by atoms with van der Waals surface area (Å²) < 4.78 is 0. The molecule has 1 aliphatic heterocycles. The number of carbonyl (C=O) groups excluding carboxylic acids is 1. The van der Waals surface area contributed by atoms with Crippen LogP contribution in [0.2, 0.25) is 0 Å². The number of hydrogen-bond donors (Lipinski definition) is 2. The van der Waals surface area contributed by atoms with Crippen molar-refractivity contribution in [1.29, 1.82) is 0 Å². The summed E-state index contributed by atoms with van der Waals surface area (Å²) in [6, 6.07) is 0. The second-order valence-electron chi connectivity index (χ2n) is 4.12. The first-order chi connectivity index (χ1) is 6.81. The van der Waals surface area contributed by atoms with E-state index in [9.17, 15) is 4.79 Å². The number of nitrogens with one attached hydrogen (secondary N) is 2. The SMILES string of the molecule is CCCC1NC(=O)C2=C(CCCC2)N1. The fraction of sp³-hybridized carbons (Fsp3) is 0.727. The van der Waals surface area contributed by atoms with Gasteiger partial charge in [-0.1, -0.05) is 13.3 Å². The zero-order valence-corrected chi connectivity index (χ0v) is 8.73. The molecular formula is C11H18N2O. The lowest BCUT2D eigenvalue weighted by Crippen LogP contribution is -2.51. The maximum Gasteiger partial charge on any atom is 0.250 e. The van der Waals surface area contributed by atoms with Crippen LogP contribution in [-0.4, -0.2) is 12.1 Å². The van der Waals surface area contributed by atoms with Crippen molar-refractivity contribution in [3.8, 4) is 0 Å². The van der Waals surface area contributed by atoms with E-state index < -0.39 is 0 Å². The van der Waals surface area contributed by atoms with Crippen molar-refractivity contribution in [2.75, 3.05) is 0 Å². The lowest BCUT2D eigenvalue weighted by atomic mass is 9.93. The molecule has 3 nitrogen and oxygen atoms in total. The zero-order chi connectivity index (χ0) is 9.97. The zero-order valence-electron chi connectivity index (χ0n) is 8.73. The summed E-state index contributed by atoms with van der Waals surface area (Å²) in [7, 11) is 0. The second-order valence-corrected chi connectivity index (χ2v) is 4.12. The molecule has 0 saturated carbocycles. The molecule has 78 valence electrons. The van der Waals surface area contributed by atoms with Gasteiger partial charge >= 0.3 is 0 Å². The monoisotopic (exact) mass is 194 g/mol. The van der Waals surface area contributed by atoms with Crippen molar-refractivity contribution in [2.45, 2.75) is 51.6 Å². The smallest absolute Gasteiger partial charge is 0.250 e. The molecule has 0 spiro atoms. The van der Waals surface area contributed by atoms with Gasteiger partial charge in [0.2, 0.25) is 0 Å². The molecule has 0 aromatic heterocycles. The summed E-state index contributed by atoms with van der Waals surface area (Å²) in [6.45, 7) is 2.14. The standard InChI is InChI=1S/C11H18N2O/c1-2-5-10-12-9-7-4-3-6-8(9)11(14)13-10/h10,12H,2-7H2,1H3,(H,13,14). The van der Waals surface area contributed by atoms with Crippen LogP contribution in [0, 0.1) is 0 Å². The lowest BCUT2D eigenvalue weighted by Gasteiger charge is -2.32. The van der Waals surface area contributed by atoms with Crippen molar-refractivity contribution in [2.24, 2.45) is 0 Å². The molecule has 0 aromatic rings. The first-order valence-corrected chi connectivity index (χ1v) is 5.60. The number of hydrogen-bond acceptors (Lipinski definition) is 2. The van der Waals surface area contributed by atoms with Gasteiger partial charge in [0, 0.05) is 11.3 Å². The average molecular weight is 194 g/mol. The Labute approximate surface area is 84.9 Å². The van der Waals surface area contributed by atoms with E-state index in [1.54, 1.807) is 0 Å². The Hall–Kier alpha value is -0.990. The first kappa shape index (κ1) is 9.56. The van der Waals surface area contributed by atoms with Gasteiger partial charge < -0.3 is 10.6 Å². The summed E-state index contributed by atoms with van der Waals surface area (Å²) in [6.07, 6.45) is 6.67. The van der Waals surface area contributed by atoms with Crippen molar-refractivity contribution >= 4 is 5.91 Å². The van der Waals surface area contributed by atoms with E-state index in [-0.39, 0.29) is 12.1 Å². The normalized spacial score (nSPS) is 26.6. The molecule has 2 rings (SSSR count).